The second kappa shape index (κ2) is 3.77. The third kappa shape index (κ3) is 3.18. The van der Waals surface area contributed by atoms with Crippen molar-refractivity contribution in [1.82, 2.24) is 0 Å². The molecular weight excluding hydrogens is 170 g/mol. The van der Waals surface area contributed by atoms with Crippen LogP contribution in [0, 0.1) is 22.2 Å². The van der Waals surface area contributed by atoms with Crippen LogP contribution in [-0.4, -0.2) is 0 Å². The van der Waals surface area contributed by atoms with Gasteiger partial charge in [0.05, 0.1) is 11.5 Å². The Morgan fingerprint density at radius 2 is 2.14 bits per heavy atom. The molecule has 0 aliphatic heterocycles. The van der Waals surface area contributed by atoms with Gasteiger partial charge in [-0.3, -0.25) is 0 Å². The summed E-state index contributed by atoms with van der Waals surface area (Å²) in [6.45, 7) is 8.68. The van der Waals surface area contributed by atoms with E-state index in [9.17, 15) is 0 Å². The van der Waals surface area contributed by atoms with Crippen molar-refractivity contribution >= 4 is 0 Å². The Kier molecular flexibility index (Phi) is 3.04. The Morgan fingerprint density at radius 1 is 1.50 bits per heavy atom. The van der Waals surface area contributed by atoms with Crippen molar-refractivity contribution in [2.24, 2.45) is 10.8 Å². The lowest BCUT2D eigenvalue weighted by molar-refractivity contribution is 0.306. The lowest BCUT2D eigenvalue weighted by atomic mass is 9.73. The van der Waals surface area contributed by atoms with E-state index in [1.807, 2.05) is 13.8 Å². The van der Waals surface area contributed by atoms with Gasteiger partial charge in [0.2, 0.25) is 0 Å². The maximum absolute atomic E-state index is 8.98. The molecule has 0 heterocycles. The fraction of sp³-hybridized carbons (Fsp3) is 0.769. The molecule has 1 aliphatic rings. The van der Waals surface area contributed by atoms with Crippen LogP contribution < -0.4 is 0 Å². The Morgan fingerprint density at radius 3 is 2.64 bits per heavy atom. The average molecular weight is 191 g/mol. The monoisotopic (exact) mass is 191 g/mol. The van der Waals surface area contributed by atoms with Crippen LogP contribution >= 0.6 is 0 Å². The predicted molar refractivity (Wildman–Crippen MR) is 59.7 cm³/mol. The second-order valence-corrected chi connectivity index (χ2v) is 5.91. The first-order valence-corrected chi connectivity index (χ1v) is 5.44. The minimum absolute atomic E-state index is 0.195. The summed E-state index contributed by atoms with van der Waals surface area (Å²) in [6, 6.07) is 2.38. The summed E-state index contributed by atoms with van der Waals surface area (Å²) in [6.07, 6.45) is 6.91. The van der Waals surface area contributed by atoms with Gasteiger partial charge in [-0.25, -0.2) is 0 Å². The highest BCUT2D eigenvalue weighted by atomic mass is 14.3. The molecule has 0 unspecified atom stereocenters. The molecule has 0 N–H and O–H groups in total. The number of hydrogen-bond acceptors (Lipinski definition) is 1. The molecule has 1 aliphatic carbocycles. The molecule has 0 fully saturated rings. The van der Waals surface area contributed by atoms with Crippen molar-refractivity contribution in [3.05, 3.63) is 11.6 Å². The Balaban J connectivity index is 2.64. The van der Waals surface area contributed by atoms with Gasteiger partial charge >= 0.3 is 0 Å². The Bertz CT molecular complexity index is 276. The van der Waals surface area contributed by atoms with E-state index in [2.05, 4.69) is 26.0 Å². The average Bonchev–Trinajstić information content (AvgIpc) is 2.01. The molecule has 0 atom stereocenters. The van der Waals surface area contributed by atoms with Gasteiger partial charge in [0.25, 0.3) is 0 Å². The van der Waals surface area contributed by atoms with Gasteiger partial charge in [-0.15, -0.1) is 0 Å². The molecule has 0 radical (unpaired) electrons. The number of allylic oxidation sites excluding steroid dienone is 2. The van der Waals surface area contributed by atoms with Gasteiger partial charge in [-0.2, -0.15) is 5.26 Å². The molecule has 1 rings (SSSR count). The minimum atomic E-state index is -0.195. The number of nitrogens with zero attached hydrogens (tertiary/aromatic N) is 1. The van der Waals surface area contributed by atoms with E-state index in [4.69, 9.17) is 5.26 Å². The van der Waals surface area contributed by atoms with Crippen LogP contribution in [0.2, 0.25) is 0 Å². The van der Waals surface area contributed by atoms with Crippen LogP contribution in [0.5, 0.6) is 0 Å². The molecule has 1 nitrogen and oxygen atoms in total. The summed E-state index contributed by atoms with van der Waals surface area (Å²) in [7, 11) is 0. The van der Waals surface area contributed by atoms with Crippen LogP contribution in [0.1, 0.15) is 53.4 Å². The zero-order valence-electron chi connectivity index (χ0n) is 9.85. The predicted octanol–water partition coefficient (Wildman–Crippen LogP) is 4.06. The van der Waals surface area contributed by atoms with Gasteiger partial charge < -0.3 is 0 Å². The van der Waals surface area contributed by atoms with Crippen LogP contribution in [0.4, 0.5) is 0 Å². The maximum Gasteiger partial charge on any atom is 0.0687 e. The topological polar surface area (TPSA) is 23.8 Å². The van der Waals surface area contributed by atoms with E-state index in [1.54, 1.807) is 0 Å². The van der Waals surface area contributed by atoms with Crippen molar-refractivity contribution in [3.8, 4) is 6.07 Å². The van der Waals surface area contributed by atoms with E-state index < -0.39 is 0 Å². The maximum atomic E-state index is 8.98. The van der Waals surface area contributed by atoms with Crippen molar-refractivity contribution in [2.45, 2.75) is 53.4 Å². The van der Waals surface area contributed by atoms with Crippen molar-refractivity contribution in [2.75, 3.05) is 0 Å². The van der Waals surface area contributed by atoms with E-state index in [1.165, 1.54) is 18.4 Å². The summed E-state index contributed by atoms with van der Waals surface area (Å²) >= 11 is 0. The fourth-order valence-corrected chi connectivity index (χ4v) is 2.18. The minimum Gasteiger partial charge on any atom is -0.198 e. The van der Waals surface area contributed by atoms with Gasteiger partial charge in [0.15, 0.2) is 0 Å². The zero-order valence-corrected chi connectivity index (χ0v) is 9.85. The van der Waals surface area contributed by atoms with Gasteiger partial charge in [-0.1, -0.05) is 25.5 Å². The van der Waals surface area contributed by atoms with Crippen LogP contribution in [-0.2, 0) is 0 Å². The standard InChI is InChI=1S/C13H21N/c1-12(2)7-5-6-11(8-12)9-13(3,4)10-14/h6H,5,7-9H2,1-4H3. The lowest BCUT2D eigenvalue weighted by Gasteiger charge is -2.31. The molecule has 0 spiro atoms. The molecule has 78 valence electrons. The molecule has 0 aromatic carbocycles. The zero-order chi connectivity index (χ0) is 10.8. The highest BCUT2D eigenvalue weighted by Crippen LogP contribution is 2.39. The fourth-order valence-electron chi connectivity index (χ4n) is 2.18. The van der Waals surface area contributed by atoms with E-state index in [0.717, 1.165) is 12.8 Å². The van der Waals surface area contributed by atoms with E-state index in [-0.39, 0.29) is 5.41 Å². The van der Waals surface area contributed by atoms with Gasteiger partial charge in [0.1, 0.15) is 0 Å². The first-order valence-electron chi connectivity index (χ1n) is 5.44. The Hall–Kier alpha value is -0.770. The number of nitriles is 1. The van der Waals surface area contributed by atoms with Crippen LogP contribution in [0.3, 0.4) is 0 Å². The largest absolute Gasteiger partial charge is 0.198 e. The smallest absolute Gasteiger partial charge is 0.0687 e. The van der Waals surface area contributed by atoms with Crippen molar-refractivity contribution < 1.29 is 0 Å². The molecule has 1 heteroatoms. The van der Waals surface area contributed by atoms with Crippen molar-refractivity contribution in [1.29, 1.82) is 5.26 Å². The molecule has 0 aromatic rings. The quantitative estimate of drug-likeness (QED) is 0.604. The third-order valence-corrected chi connectivity index (χ3v) is 2.93. The first kappa shape index (κ1) is 11.3. The van der Waals surface area contributed by atoms with E-state index >= 15 is 0 Å². The molecule has 0 saturated heterocycles. The molecule has 0 saturated carbocycles. The first-order chi connectivity index (χ1) is 6.35. The van der Waals surface area contributed by atoms with Crippen molar-refractivity contribution in [3.63, 3.8) is 0 Å². The van der Waals surface area contributed by atoms with Crippen LogP contribution in [0.15, 0.2) is 11.6 Å². The summed E-state index contributed by atoms with van der Waals surface area (Å²) in [4.78, 5) is 0. The lowest BCUT2D eigenvalue weighted by Crippen LogP contribution is -2.19. The highest BCUT2D eigenvalue weighted by Gasteiger charge is 2.26. The highest BCUT2D eigenvalue weighted by molar-refractivity contribution is 5.14. The second-order valence-electron chi connectivity index (χ2n) is 5.91. The number of rotatable bonds is 2. The van der Waals surface area contributed by atoms with E-state index in [0.29, 0.717) is 5.41 Å². The Labute approximate surface area is 87.8 Å². The molecular formula is C13H21N. The van der Waals surface area contributed by atoms with Gasteiger partial charge in [0, 0.05) is 0 Å². The normalized spacial score (nSPS) is 21.2. The summed E-state index contributed by atoms with van der Waals surface area (Å²) < 4.78 is 0. The summed E-state index contributed by atoms with van der Waals surface area (Å²) in [5, 5.41) is 8.98. The van der Waals surface area contributed by atoms with Crippen LogP contribution in [0.25, 0.3) is 0 Å². The molecule has 0 amide bonds. The summed E-state index contributed by atoms with van der Waals surface area (Å²) in [5.74, 6) is 0. The molecule has 0 bridgehead atoms. The third-order valence-electron chi connectivity index (χ3n) is 2.93. The molecule has 0 aromatic heterocycles. The molecule has 14 heavy (non-hydrogen) atoms. The number of hydrogen-bond donors (Lipinski definition) is 0. The summed E-state index contributed by atoms with van der Waals surface area (Å²) in [5.41, 5.74) is 1.72. The van der Waals surface area contributed by atoms with Gasteiger partial charge in [-0.05, 0) is 44.9 Å². The SMILES string of the molecule is CC(C)(C#N)CC1=CCCC(C)(C)C1.